The highest BCUT2D eigenvalue weighted by atomic mass is 79.9. The maximum atomic E-state index is 10.7. The van der Waals surface area contributed by atoms with Gasteiger partial charge >= 0.3 is 0 Å². The molecule has 0 aliphatic heterocycles. The molecule has 0 unspecified atom stereocenters. The first-order valence-corrected chi connectivity index (χ1v) is 4.80. The summed E-state index contributed by atoms with van der Waals surface area (Å²) in [5, 5.41) is 2.00. The van der Waals surface area contributed by atoms with Crippen molar-refractivity contribution in [3.05, 3.63) is 22.4 Å². The Morgan fingerprint density at radius 3 is 3.00 bits per heavy atom. The predicted octanol–water partition coefficient (Wildman–Crippen LogP) is 2.69. The Labute approximate surface area is 78.0 Å². The summed E-state index contributed by atoms with van der Waals surface area (Å²) in [6.45, 7) is 0.682. The van der Waals surface area contributed by atoms with Gasteiger partial charge in [0.2, 0.25) is 0 Å². The number of halogens is 1. The lowest BCUT2D eigenvalue weighted by Gasteiger charge is -2.10. The molecule has 2 nitrogen and oxygen atoms in total. The Morgan fingerprint density at radius 1 is 1.82 bits per heavy atom. The number of hydrogen-bond acceptors (Lipinski definition) is 2. The van der Waals surface area contributed by atoms with E-state index in [0.717, 1.165) is 0 Å². The Kier molecular flexibility index (Phi) is 3.08. The molecule has 1 aromatic rings. The molecule has 0 N–H and O–H groups in total. The highest BCUT2D eigenvalue weighted by molar-refractivity contribution is 9.18. The van der Waals surface area contributed by atoms with Crippen LogP contribution in [0.3, 0.4) is 0 Å². The van der Waals surface area contributed by atoms with Crippen molar-refractivity contribution in [3.63, 3.8) is 0 Å². The molecular weight excluding hydrogens is 226 g/mol. The van der Waals surface area contributed by atoms with Crippen molar-refractivity contribution in [2.75, 3.05) is 7.05 Å². The molecule has 0 aliphatic rings. The number of thiophene rings is 1. The highest BCUT2D eigenvalue weighted by Gasteiger charge is 2.04. The molecule has 60 valence electrons. The maximum absolute atomic E-state index is 10.7. The summed E-state index contributed by atoms with van der Waals surface area (Å²) in [5.74, 6) is 0. The van der Waals surface area contributed by atoms with E-state index in [1.165, 1.54) is 4.88 Å². The standard InChI is InChI=1S/C7H8BrNOS/c1-9(7(8)10)5-6-3-2-4-11-6/h2-4H,5H2,1H3. The quantitative estimate of drug-likeness (QED) is 0.569. The molecule has 0 bridgehead atoms. The molecule has 0 saturated heterocycles. The summed E-state index contributed by atoms with van der Waals surface area (Å²) in [7, 11) is 1.76. The van der Waals surface area contributed by atoms with Crippen LogP contribution < -0.4 is 0 Å². The van der Waals surface area contributed by atoms with E-state index in [2.05, 4.69) is 15.9 Å². The summed E-state index contributed by atoms with van der Waals surface area (Å²) in [6.07, 6.45) is 0. The van der Waals surface area contributed by atoms with Crippen LogP contribution in [0.2, 0.25) is 0 Å². The number of carbonyl (C=O) groups excluding carboxylic acids is 1. The zero-order chi connectivity index (χ0) is 8.27. The third kappa shape index (κ3) is 2.63. The fourth-order valence-corrected chi connectivity index (χ4v) is 1.58. The average Bonchev–Trinajstić information content (AvgIpc) is 2.39. The van der Waals surface area contributed by atoms with Crippen molar-refractivity contribution in [3.8, 4) is 0 Å². The second kappa shape index (κ2) is 3.88. The van der Waals surface area contributed by atoms with Gasteiger partial charge in [0, 0.05) is 27.9 Å². The van der Waals surface area contributed by atoms with Gasteiger partial charge in [0.1, 0.15) is 0 Å². The lowest BCUT2D eigenvalue weighted by molar-refractivity contribution is 0.233. The molecule has 4 heteroatoms. The maximum Gasteiger partial charge on any atom is 0.289 e. The third-order valence-electron chi connectivity index (χ3n) is 1.27. The van der Waals surface area contributed by atoms with Gasteiger partial charge in [-0.25, -0.2) is 0 Å². The Bertz CT molecular complexity index is 235. The lowest BCUT2D eigenvalue weighted by Crippen LogP contribution is -2.18. The van der Waals surface area contributed by atoms with Crippen LogP contribution in [0.5, 0.6) is 0 Å². The minimum atomic E-state index is -0.0779. The van der Waals surface area contributed by atoms with E-state index in [0.29, 0.717) is 6.54 Å². The first kappa shape index (κ1) is 8.74. The predicted molar refractivity (Wildman–Crippen MR) is 50.1 cm³/mol. The van der Waals surface area contributed by atoms with Crippen LogP contribution in [0.15, 0.2) is 17.5 Å². The molecule has 0 aromatic carbocycles. The number of carbonyl (C=O) groups is 1. The van der Waals surface area contributed by atoms with Crippen LogP contribution in [0.25, 0.3) is 0 Å². The van der Waals surface area contributed by atoms with Gasteiger partial charge in [-0.05, 0) is 11.4 Å². The van der Waals surface area contributed by atoms with Crippen LogP contribution in [0.4, 0.5) is 4.79 Å². The molecule has 0 atom stereocenters. The van der Waals surface area contributed by atoms with Crippen LogP contribution in [0.1, 0.15) is 4.88 Å². The van der Waals surface area contributed by atoms with Crippen molar-refractivity contribution in [1.29, 1.82) is 0 Å². The largest absolute Gasteiger partial charge is 0.331 e. The zero-order valence-corrected chi connectivity index (χ0v) is 8.48. The van der Waals surface area contributed by atoms with Gasteiger partial charge in [-0.1, -0.05) is 6.07 Å². The zero-order valence-electron chi connectivity index (χ0n) is 6.08. The number of rotatable bonds is 2. The van der Waals surface area contributed by atoms with Gasteiger partial charge in [-0.3, -0.25) is 4.79 Å². The van der Waals surface area contributed by atoms with E-state index in [4.69, 9.17) is 0 Å². The van der Waals surface area contributed by atoms with E-state index < -0.39 is 0 Å². The SMILES string of the molecule is CN(Cc1cccs1)C(=O)Br. The van der Waals surface area contributed by atoms with E-state index >= 15 is 0 Å². The fourth-order valence-electron chi connectivity index (χ4n) is 0.698. The van der Waals surface area contributed by atoms with E-state index in [1.54, 1.807) is 23.3 Å². The van der Waals surface area contributed by atoms with Gasteiger partial charge in [0.05, 0.1) is 6.54 Å². The van der Waals surface area contributed by atoms with E-state index in [1.807, 2.05) is 17.5 Å². The first-order valence-electron chi connectivity index (χ1n) is 3.13. The van der Waals surface area contributed by atoms with Crippen molar-refractivity contribution >= 4 is 32.1 Å². The molecule has 11 heavy (non-hydrogen) atoms. The first-order chi connectivity index (χ1) is 5.20. The van der Waals surface area contributed by atoms with Crippen molar-refractivity contribution in [2.24, 2.45) is 0 Å². The molecular formula is C7H8BrNOS. The Hall–Kier alpha value is -0.350. The van der Waals surface area contributed by atoms with Crippen molar-refractivity contribution < 1.29 is 4.79 Å². The normalized spacial score (nSPS) is 9.64. The van der Waals surface area contributed by atoms with Crippen molar-refractivity contribution in [1.82, 2.24) is 4.90 Å². The second-order valence-electron chi connectivity index (χ2n) is 2.19. The van der Waals surface area contributed by atoms with Gasteiger partial charge in [-0.15, -0.1) is 11.3 Å². The van der Waals surface area contributed by atoms with Crippen LogP contribution in [0, 0.1) is 0 Å². The van der Waals surface area contributed by atoms with Gasteiger partial charge in [0.15, 0.2) is 0 Å². The van der Waals surface area contributed by atoms with Gasteiger partial charge < -0.3 is 4.90 Å². The molecule has 0 fully saturated rings. The van der Waals surface area contributed by atoms with Crippen LogP contribution in [-0.2, 0) is 6.54 Å². The Morgan fingerprint density at radius 2 is 2.55 bits per heavy atom. The summed E-state index contributed by atoms with van der Waals surface area (Å²) >= 11 is 4.53. The smallest absolute Gasteiger partial charge is 0.289 e. The van der Waals surface area contributed by atoms with Gasteiger partial charge in [0.25, 0.3) is 4.82 Å². The Balaban J connectivity index is 2.50. The number of amides is 1. The molecule has 1 rings (SSSR count). The third-order valence-corrected chi connectivity index (χ3v) is 2.74. The molecule has 0 spiro atoms. The topological polar surface area (TPSA) is 20.3 Å². The lowest BCUT2D eigenvalue weighted by atomic mass is 10.4. The summed E-state index contributed by atoms with van der Waals surface area (Å²) in [5.41, 5.74) is 0. The van der Waals surface area contributed by atoms with Crippen LogP contribution in [-0.4, -0.2) is 16.8 Å². The molecule has 1 amide bonds. The summed E-state index contributed by atoms with van der Waals surface area (Å²) in [4.78, 5) is 13.5. The molecule has 1 heterocycles. The molecule has 0 saturated carbocycles. The number of hydrogen-bond donors (Lipinski definition) is 0. The minimum Gasteiger partial charge on any atom is -0.331 e. The monoisotopic (exact) mass is 233 g/mol. The average molecular weight is 234 g/mol. The van der Waals surface area contributed by atoms with Crippen LogP contribution >= 0.6 is 27.3 Å². The van der Waals surface area contributed by atoms with Gasteiger partial charge in [-0.2, -0.15) is 0 Å². The highest BCUT2D eigenvalue weighted by Crippen LogP contribution is 2.11. The molecule has 0 aliphatic carbocycles. The molecule has 0 radical (unpaired) electrons. The number of nitrogens with zero attached hydrogens (tertiary/aromatic N) is 1. The fraction of sp³-hybridized carbons (Fsp3) is 0.286. The molecule has 1 aromatic heterocycles. The second-order valence-corrected chi connectivity index (χ2v) is 3.90. The van der Waals surface area contributed by atoms with E-state index in [9.17, 15) is 4.79 Å². The van der Waals surface area contributed by atoms with Crippen molar-refractivity contribution in [2.45, 2.75) is 6.54 Å². The summed E-state index contributed by atoms with van der Waals surface area (Å²) < 4.78 is 0. The summed E-state index contributed by atoms with van der Waals surface area (Å²) in [6, 6.07) is 3.99. The minimum absolute atomic E-state index is 0.0779. The van der Waals surface area contributed by atoms with E-state index in [-0.39, 0.29) is 4.82 Å².